The number of nitrogens with one attached hydrogen (secondary N) is 2. The lowest BCUT2D eigenvalue weighted by molar-refractivity contribution is -0.119. The normalized spacial score (nSPS) is 14.7. The number of nitrogens with zero attached hydrogens (tertiary/aromatic N) is 2. The van der Waals surface area contributed by atoms with Crippen LogP contribution in [0.5, 0.6) is 0 Å². The maximum Gasteiger partial charge on any atom is 0.239 e. The number of aromatic nitrogens is 2. The molecular weight excluding hydrogens is 192 g/mol. The summed E-state index contributed by atoms with van der Waals surface area (Å²) in [4.78, 5) is 19.2. The molecule has 1 aliphatic rings. The van der Waals surface area contributed by atoms with E-state index >= 15 is 0 Å². The third kappa shape index (κ3) is 3.53. The molecule has 5 heteroatoms. The standard InChI is InChI=1S/C10H14N4O/c15-9(13-6-8-2-3-8)7-14-10-11-4-1-5-12-10/h1,4-5,8H,2-3,6-7H2,(H,13,15)(H,11,12,14). The van der Waals surface area contributed by atoms with Gasteiger partial charge < -0.3 is 10.6 Å². The van der Waals surface area contributed by atoms with Gasteiger partial charge in [-0.25, -0.2) is 9.97 Å². The average Bonchev–Trinajstić information content (AvgIpc) is 3.09. The van der Waals surface area contributed by atoms with Gasteiger partial charge in [0.2, 0.25) is 11.9 Å². The summed E-state index contributed by atoms with van der Waals surface area (Å²) in [7, 11) is 0. The topological polar surface area (TPSA) is 66.9 Å². The summed E-state index contributed by atoms with van der Waals surface area (Å²) < 4.78 is 0. The van der Waals surface area contributed by atoms with Gasteiger partial charge in [0.1, 0.15) is 0 Å². The van der Waals surface area contributed by atoms with Crippen LogP contribution in [0.3, 0.4) is 0 Å². The molecule has 0 radical (unpaired) electrons. The fraction of sp³-hybridized carbons (Fsp3) is 0.500. The summed E-state index contributed by atoms with van der Waals surface area (Å²) in [6.45, 7) is 1.03. The molecule has 1 aromatic heterocycles. The molecule has 0 bridgehead atoms. The summed E-state index contributed by atoms with van der Waals surface area (Å²) in [6, 6.07) is 1.73. The summed E-state index contributed by atoms with van der Waals surface area (Å²) in [5, 5.41) is 5.71. The van der Waals surface area contributed by atoms with Gasteiger partial charge >= 0.3 is 0 Å². The molecule has 80 valence electrons. The molecule has 1 heterocycles. The molecule has 2 rings (SSSR count). The van der Waals surface area contributed by atoms with Crippen molar-refractivity contribution >= 4 is 11.9 Å². The van der Waals surface area contributed by atoms with Crippen LogP contribution in [-0.4, -0.2) is 29.0 Å². The molecular formula is C10H14N4O. The van der Waals surface area contributed by atoms with Crippen molar-refractivity contribution in [2.75, 3.05) is 18.4 Å². The van der Waals surface area contributed by atoms with E-state index in [0.29, 0.717) is 11.9 Å². The van der Waals surface area contributed by atoms with Gasteiger partial charge in [0.05, 0.1) is 6.54 Å². The van der Waals surface area contributed by atoms with Crippen LogP contribution < -0.4 is 10.6 Å². The molecule has 1 saturated carbocycles. The number of carbonyl (C=O) groups excluding carboxylic acids is 1. The Morgan fingerprint density at radius 1 is 1.40 bits per heavy atom. The minimum Gasteiger partial charge on any atom is -0.354 e. The molecule has 5 nitrogen and oxygen atoms in total. The largest absolute Gasteiger partial charge is 0.354 e. The van der Waals surface area contributed by atoms with Crippen LogP contribution in [0.4, 0.5) is 5.95 Å². The van der Waals surface area contributed by atoms with Crippen LogP contribution in [0.25, 0.3) is 0 Å². The first-order valence-electron chi connectivity index (χ1n) is 5.12. The van der Waals surface area contributed by atoms with E-state index in [2.05, 4.69) is 20.6 Å². The Kier molecular flexibility index (Phi) is 3.11. The van der Waals surface area contributed by atoms with E-state index in [0.717, 1.165) is 6.54 Å². The lowest BCUT2D eigenvalue weighted by Crippen LogP contribution is -2.31. The van der Waals surface area contributed by atoms with E-state index in [-0.39, 0.29) is 12.5 Å². The SMILES string of the molecule is O=C(CNc1ncccn1)NCC1CC1. The molecule has 0 spiro atoms. The van der Waals surface area contributed by atoms with E-state index < -0.39 is 0 Å². The van der Waals surface area contributed by atoms with Crippen LogP contribution in [0.15, 0.2) is 18.5 Å². The Bertz CT molecular complexity index is 323. The van der Waals surface area contributed by atoms with Crippen molar-refractivity contribution in [1.82, 2.24) is 15.3 Å². The molecule has 0 aliphatic heterocycles. The molecule has 1 fully saturated rings. The monoisotopic (exact) mass is 206 g/mol. The fourth-order valence-corrected chi connectivity index (χ4v) is 1.19. The first kappa shape index (κ1) is 9.89. The third-order valence-corrected chi connectivity index (χ3v) is 2.26. The highest BCUT2D eigenvalue weighted by molar-refractivity contribution is 5.80. The number of amides is 1. The van der Waals surface area contributed by atoms with Crippen molar-refractivity contribution in [2.24, 2.45) is 5.92 Å². The summed E-state index contributed by atoms with van der Waals surface area (Å²) >= 11 is 0. The maximum absolute atomic E-state index is 11.3. The zero-order valence-electron chi connectivity index (χ0n) is 8.44. The van der Waals surface area contributed by atoms with Gasteiger partial charge in [0, 0.05) is 18.9 Å². The molecule has 2 N–H and O–H groups in total. The smallest absolute Gasteiger partial charge is 0.239 e. The highest BCUT2D eigenvalue weighted by atomic mass is 16.1. The third-order valence-electron chi connectivity index (χ3n) is 2.26. The Morgan fingerprint density at radius 2 is 2.13 bits per heavy atom. The van der Waals surface area contributed by atoms with Crippen LogP contribution in [0, 0.1) is 5.92 Å². The molecule has 15 heavy (non-hydrogen) atoms. The van der Waals surface area contributed by atoms with Gasteiger partial charge in [0.25, 0.3) is 0 Å². The molecule has 0 unspecified atom stereocenters. The van der Waals surface area contributed by atoms with E-state index in [1.807, 2.05) is 0 Å². The first-order valence-corrected chi connectivity index (χ1v) is 5.12. The van der Waals surface area contributed by atoms with Gasteiger partial charge in [-0.3, -0.25) is 4.79 Å². The van der Waals surface area contributed by atoms with Crippen LogP contribution in [0.1, 0.15) is 12.8 Å². The van der Waals surface area contributed by atoms with Gasteiger partial charge in [-0.15, -0.1) is 0 Å². The summed E-state index contributed by atoms with van der Waals surface area (Å²) in [6.07, 6.45) is 5.76. The van der Waals surface area contributed by atoms with Gasteiger partial charge in [-0.05, 0) is 24.8 Å². The van der Waals surface area contributed by atoms with Crippen molar-refractivity contribution in [3.63, 3.8) is 0 Å². The van der Waals surface area contributed by atoms with Crippen molar-refractivity contribution < 1.29 is 4.79 Å². The van der Waals surface area contributed by atoms with E-state index in [1.165, 1.54) is 12.8 Å². The molecule has 1 aromatic rings. The number of hydrogen-bond acceptors (Lipinski definition) is 4. The van der Waals surface area contributed by atoms with Crippen molar-refractivity contribution in [2.45, 2.75) is 12.8 Å². The highest BCUT2D eigenvalue weighted by Gasteiger charge is 2.21. The fourth-order valence-electron chi connectivity index (χ4n) is 1.19. The molecule has 1 amide bonds. The minimum absolute atomic E-state index is 0.00523. The lowest BCUT2D eigenvalue weighted by atomic mass is 10.4. The molecule has 0 saturated heterocycles. The quantitative estimate of drug-likeness (QED) is 0.732. The second-order valence-corrected chi connectivity index (χ2v) is 3.67. The second kappa shape index (κ2) is 4.72. The molecule has 0 atom stereocenters. The number of anilines is 1. The maximum atomic E-state index is 11.3. The number of carbonyl (C=O) groups is 1. The summed E-state index contributed by atoms with van der Waals surface area (Å²) in [5.74, 6) is 1.19. The predicted octanol–water partition coefficient (Wildman–Crippen LogP) is 0.415. The molecule has 0 aromatic carbocycles. The minimum atomic E-state index is -0.00523. The van der Waals surface area contributed by atoms with Crippen LogP contribution >= 0.6 is 0 Å². The van der Waals surface area contributed by atoms with Gasteiger partial charge in [-0.2, -0.15) is 0 Å². The number of hydrogen-bond donors (Lipinski definition) is 2. The first-order chi connectivity index (χ1) is 7.34. The summed E-state index contributed by atoms with van der Waals surface area (Å²) in [5.41, 5.74) is 0. The Hall–Kier alpha value is -1.65. The van der Waals surface area contributed by atoms with Crippen LogP contribution in [-0.2, 0) is 4.79 Å². The second-order valence-electron chi connectivity index (χ2n) is 3.67. The van der Waals surface area contributed by atoms with Crippen molar-refractivity contribution in [3.8, 4) is 0 Å². The average molecular weight is 206 g/mol. The molecule has 1 aliphatic carbocycles. The van der Waals surface area contributed by atoms with Crippen molar-refractivity contribution in [3.05, 3.63) is 18.5 Å². The zero-order valence-corrected chi connectivity index (χ0v) is 8.44. The van der Waals surface area contributed by atoms with Gasteiger partial charge in [-0.1, -0.05) is 0 Å². The Labute approximate surface area is 88.3 Å². The zero-order chi connectivity index (χ0) is 10.5. The Balaban J connectivity index is 1.66. The predicted molar refractivity (Wildman–Crippen MR) is 56.3 cm³/mol. The number of rotatable bonds is 5. The lowest BCUT2D eigenvalue weighted by Gasteiger charge is -2.05. The highest BCUT2D eigenvalue weighted by Crippen LogP contribution is 2.27. The van der Waals surface area contributed by atoms with E-state index in [4.69, 9.17) is 0 Å². The van der Waals surface area contributed by atoms with E-state index in [1.54, 1.807) is 18.5 Å². The van der Waals surface area contributed by atoms with Crippen LogP contribution in [0.2, 0.25) is 0 Å². The Morgan fingerprint density at radius 3 is 2.80 bits per heavy atom. The van der Waals surface area contributed by atoms with E-state index in [9.17, 15) is 4.79 Å². The van der Waals surface area contributed by atoms with Crippen molar-refractivity contribution in [1.29, 1.82) is 0 Å². The van der Waals surface area contributed by atoms with Gasteiger partial charge in [0.15, 0.2) is 0 Å².